The van der Waals surface area contributed by atoms with Gasteiger partial charge in [-0.25, -0.2) is 0 Å². The molecule has 0 spiro atoms. The molecule has 0 radical (unpaired) electrons. The molecule has 0 aliphatic heterocycles. The van der Waals surface area contributed by atoms with Crippen LogP contribution in [0.5, 0.6) is 17.2 Å². The van der Waals surface area contributed by atoms with Crippen molar-refractivity contribution in [3.63, 3.8) is 0 Å². The van der Waals surface area contributed by atoms with E-state index in [1.165, 1.54) is 0 Å². The van der Waals surface area contributed by atoms with E-state index >= 15 is 0 Å². The largest absolute Gasteiger partial charge is 0.493 e. The van der Waals surface area contributed by atoms with Crippen molar-refractivity contribution in [3.05, 3.63) is 52.0 Å². The molecule has 140 valence electrons. The van der Waals surface area contributed by atoms with Crippen molar-refractivity contribution >= 4 is 17.5 Å². The smallest absolute Gasteiger partial charge is 0.258 e. The number of carbonyl (C=O) groups excluding carboxylic acids is 1. The third-order valence-corrected chi connectivity index (χ3v) is 4.35. The highest BCUT2D eigenvalue weighted by molar-refractivity contribution is 6.30. The van der Waals surface area contributed by atoms with Gasteiger partial charge in [-0.1, -0.05) is 11.6 Å². The Bertz CT molecular complexity index is 792. The van der Waals surface area contributed by atoms with Crippen LogP contribution in [-0.2, 0) is 4.79 Å². The monoisotopic (exact) mass is 377 g/mol. The summed E-state index contributed by atoms with van der Waals surface area (Å²) < 4.78 is 16.2. The van der Waals surface area contributed by atoms with Crippen LogP contribution in [0.25, 0.3) is 0 Å². The van der Waals surface area contributed by atoms with E-state index in [-0.39, 0.29) is 18.6 Å². The maximum absolute atomic E-state index is 12.2. The number of hydrogen-bond donors (Lipinski definition) is 1. The molecule has 0 saturated carbocycles. The van der Waals surface area contributed by atoms with Crippen LogP contribution in [0.15, 0.2) is 30.3 Å². The molecule has 0 saturated heterocycles. The van der Waals surface area contributed by atoms with E-state index < -0.39 is 0 Å². The van der Waals surface area contributed by atoms with Crippen molar-refractivity contribution in [2.24, 2.45) is 0 Å². The van der Waals surface area contributed by atoms with E-state index in [2.05, 4.69) is 5.32 Å². The number of nitrogens with one attached hydrogen (secondary N) is 1. The van der Waals surface area contributed by atoms with Crippen LogP contribution >= 0.6 is 11.6 Å². The molecule has 0 aromatic heterocycles. The Kier molecular flexibility index (Phi) is 6.75. The van der Waals surface area contributed by atoms with Gasteiger partial charge >= 0.3 is 0 Å². The molecule has 0 fully saturated rings. The minimum atomic E-state index is -0.207. The molecule has 1 N–H and O–H groups in total. The second-order valence-corrected chi connectivity index (χ2v) is 6.49. The molecular weight excluding hydrogens is 354 g/mol. The van der Waals surface area contributed by atoms with Crippen LogP contribution < -0.4 is 19.5 Å². The van der Waals surface area contributed by atoms with Crippen molar-refractivity contribution in [3.8, 4) is 17.2 Å². The molecule has 0 heterocycles. The Hall–Kier alpha value is -2.40. The molecule has 2 aromatic carbocycles. The normalized spacial score (nSPS) is 11.6. The summed E-state index contributed by atoms with van der Waals surface area (Å²) in [7, 11) is 3.18. The third kappa shape index (κ3) is 4.82. The SMILES string of the molecule is COc1cc(C)c(C(C)NC(=O)COc2ccc(Cl)cc2C)cc1OC. The first-order valence-electron chi connectivity index (χ1n) is 8.26. The lowest BCUT2D eigenvalue weighted by molar-refractivity contribution is -0.123. The van der Waals surface area contributed by atoms with Crippen LogP contribution in [-0.4, -0.2) is 26.7 Å². The van der Waals surface area contributed by atoms with Crippen LogP contribution in [0, 0.1) is 13.8 Å². The minimum absolute atomic E-state index is 0.0703. The molecule has 0 bridgehead atoms. The summed E-state index contributed by atoms with van der Waals surface area (Å²) in [5.74, 6) is 1.72. The maximum atomic E-state index is 12.2. The number of aryl methyl sites for hydroxylation is 2. The number of methoxy groups -OCH3 is 2. The molecule has 1 atom stereocenters. The number of hydrogen-bond acceptors (Lipinski definition) is 4. The zero-order valence-corrected chi connectivity index (χ0v) is 16.4. The van der Waals surface area contributed by atoms with Gasteiger partial charge in [0.05, 0.1) is 20.3 Å². The lowest BCUT2D eigenvalue weighted by atomic mass is 10.0. The van der Waals surface area contributed by atoms with Crippen molar-refractivity contribution < 1.29 is 19.0 Å². The predicted octanol–water partition coefficient (Wildman–Crippen LogP) is 4.23. The average Bonchev–Trinajstić information content (AvgIpc) is 2.60. The second kappa shape index (κ2) is 8.81. The summed E-state index contributed by atoms with van der Waals surface area (Å²) >= 11 is 5.92. The van der Waals surface area contributed by atoms with Crippen molar-refractivity contribution in [1.29, 1.82) is 0 Å². The van der Waals surface area contributed by atoms with Crippen LogP contribution in [0.1, 0.15) is 29.7 Å². The molecule has 26 heavy (non-hydrogen) atoms. The van der Waals surface area contributed by atoms with Gasteiger partial charge in [0, 0.05) is 5.02 Å². The van der Waals surface area contributed by atoms with E-state index in [4.69, 9.17) is 25.8 Å². The highest BCUT2D eigenvalue weighted by Crippen LogP contribution is 2.32. The summed E-state index contributed by atoms with van der Waals surface area (Å²) in [6.07, 6.45) is 0. The van der Waals surface area contributed by atoms with Gasteiger partial charge in [0.1, 0.15) is 5.75 Å². The Labute approximate surface area is 159 Å². The van der Waals surface area contributed by atoms with Gasteiger partial charge in [0.25, 0.3) is 5.91 Å². The first-order chi connectivity index (χ1) is 12.3. The molecule has 0 aliphatic carbocycles. The Morgan fingerprint density at radius 2 is 1.69 bits per heavy atom. The molecule has 1 unspecified atom stereocenters. The maximum Gasteiger partial charge on any atom is 0.258 e. The average molecular weight is 378 g/mol. The fourth-order valence-electron chi connectivity index (χ4n) is 2.74. The summed E-state index contributed by atoms with van der Waals surface area (Å²) in [5.41, 5.74) is 2.85. The van der Waals surface area contributed by atoms with Gasteiger partial charge < -0.3 is 19.5 Å². The van der Waals surface area contributed by atoms with E-state index in [0.29, 0.717) is 22.3 Å². The lowest BCUT2D eigenvalue weighted by Gasteiger charge is -2.19. The van der Waals surface area contributed by atoms with Gasteiger partial charge in [-0.05, 0) is 67.8 Å². The van der Waals surface area contributed by atoms with Crippen molar-refractivity contribution in [2.75, 3.05) is 20.8 Å². The molecule has 2 rings (SSSR count). The van der Waals surface area contributed by atoms with Crippen LogP contribution in [0.3, 0.4) is 0 Å². The molecule has 5 nitrogen and oxygen atoms in total. The van der Waals surface area contributed by atoms with Crippen LogP contribution in [0.4, 0.5) is 0 Å². The van der Waals surface area contributed by atoms with Gasteiger partial charge in [0.15, 0.2) is 18.1 Å². The van der Waals surface area contributed by atoms with E-state index in [1.807, 2.05) is 32.9 Å². The molecule has 2 aromatic rings. The van der Waals surface area contributed by atoms with E-state index in [1.54, 1.807) is 32.4 Å². The predicted molar refractivity (Wildman–Crippen MR) is 103 cm³/mol. The molecule has 1 amide bonds. The van der Waals surface area contributed by atoms with Crippen molar-refractivity contribution in [2.45, 2.75) is 26.8 Å². The molecular formula is C20H24ClNO4. The van der Waals surface area contributed by atoms with Gasteiger partial charge in [-0.15, -0.1) is 0 Å². The van der Waals surface area contributed by atoms with E-state index in [9.17, 15) is 4.79 Å². The fourth-order valence-corrected chi connectivity index (χ4v) is 2.97. The number of ether oxygens (including phenoxy) is 3. The summed E-state index contributed by atoms with van der Waals surface area (Å²) in [4.78, 5) is 12.2. The van der Waals surface area contributed by atoms with Gasteiger partial charge in [-0.3, -0.25) is 4.79 Å². The summed E-state index contributed by atoms with van der Waals surface area (Å²) in [6.45, 7) is 5.70. The quantitative estimate of drug-likeness (QED) is 0.784. The topological polar surface area (TPSA) is 56.8 Å². The van der Waals surface area contributed by atoms with Crippen LogP contribution in [0.2, 0.25) is 5.02 Å². The van der Waals surface area contributed by atoms with Gasteiger partial charge in [0.2, 0.25) is 0 Å². The zero-order chi connectivity index (χ0) is 19.3. The standard InChI is InChI=1S/C20H24ClNO4/c1-12-9-18(24-4)19(25-5)10-16(12)14(3)22-20(23)11-26-17-7-6-15(21)8-13(17)2/h6-10,14H,11H2,1-5H3,(H,22,23). The van der Waals surface area contributed by atoms with E-state index in [0.717, 1.165) is 16.7 Å². The zero-order valence-electron chi connectivity index (χ0n) is 15.7. The first kappa shape index (κ1) is 19.9. The number of carbonyl (C=O) groups is 1. The Balaban J connectivity index is 2.02. The fraction of sp³-hybridized carbons (Fsp3) is 0.350. The second-order valence-electron chi connectivity index (χ2n) is 6.05. The Morgan fingerprint density at radius 1 is 1.04 bits per heavy atom. The number of amides is 1. The van der Waals surface area contributed by atoms with Gasteiger partial charge in [-0.2, -0.15) is 0 Å². The van der Waals surface area contributed by atoms with Crippen molar-refractivity contribution in [1.82, 2.24) is 5.32 Å². The number of rotatable bonds is 7. The molecule has 6 heteroatoms. The third-order valence-electron chi connectivity index (χ3n) is 4.11. The molecule has 0 aliphatic rings. The first-order valence-corrected chi connectivity index (χ1v) is 8.64. The highest BCUT2D eigenvalue weighted by Gasteiger charge is 2.16. The summed E-state index contributed by atoms with van der Waals surface area (Å²) in [5, 5.41) is 3.58. The number of halogens is 1. The highest BCUT2D eigenvalue weighted by atomic mass is 35.5. The Morgan fingerprint density at radius 3 is 2.31 bits per heavy atom. The lowest BCUT2D eigenvalue weighted by Crippen LogP contribution is -2.31. The number of benzene rings is 2. The minimum Gasteiger partial charge on any atom is -0.493 e. The summed E-state index contributed by atoms with van der Waals surface area (Å²) in [6, 6.07) is 8.86.